The van der Waals surface area contributed by atoms with Crippen molar-refractivity contribution in [3.63, 3.8) is 0 Å². The Balaban J connectivity index is 1.44. The van der Waals surface area contributed by atoms with Gasteiger partial charge in [0.25, 0.3) is 0 Å². The van der Waals surface area contributed by atoms with Crippen LogP contribution < -0.4 is 4.90 Å². The molecular weight excluding hydrogens is 438 g/mol. The molecule has 2 aliphatic heterocycles. The zero-order chi connectivity index (χ0) is 21.9. The first-order chi connectivity index (χ1) is 15.7. The van der Waals surface area contributed by atoms with Gasteiger partial charge in [0.15, 0.2) is 0 Å². The van der Waals surface area contributed by atoms with Gasteiger partial charge in [0.1, 0.15) is 16.5 Å². The van der Waals surface area contributed by atoms with E-state index in [-0.39, 0.29) is 0 Å². The second-order valence-electron chi connectivity index (χ2n) is 9.17. The maximum Gasteiger partial charge on any atom is 0.146 e. The van der Waals surface area contributed by atoms with E-state index in [2.05, 4.69) is 51.4 Å². The maximum atomic E-state index is 5.52. The molecule has 0 N–H and O–H groups in total. The minimum absolute atomic E-state index is 0.761. The normalized spacial score (nSPS) is 18.8. The fraction of sp³-hybridized carbons (Fsp3) is 0.583. The highest BCUT2D eigenvalue weighted by molar-refractivity contribution is 7.18. The van der Waals surface area contributed by atoms with Gasteiger partial charge >= 0.3 is 0 Å². The van der Waals surface area contributed by atoms with E-state index in [4.69, 9.17) is 14.7 Å². The van der Waals surface area contributed by atoms with Crippen LogP contribution in [0.3, 0.4) is 0 Å². The summed E-state index contributed by atoms with van der Waals surface area (Å²) in [6.45, 7) is 14.4. The number of fused-ring (bicyclic) bond motifs is 1. The molecule has 0 unspecified atom stereocenters. The molecule has 0 saturated carbocycles. The Hall–Kier alpha value is -1.58. The predicted molar refractivity (Wildman–Crippen MR) is 135 cm³/mol. The fourth-order valence-electron chi connectivity index (χ4n) is 4.46. The van der Waals surface area contributed by atoms with Crippen LogP contribution in [0.2, 0.25) is 0 Å². The molecule has 32 heavy (non-hydrogen) atoms. The molecule has 6 nitrogen and oxygen atoms in total. The topological polar surface area (TPSA) is 44.7 Å². The van der Waals surface area contributed by atoms with E-state index < -0.39 is 0 Å². The van der Waals surface area contributed by atoms with E-state index in [9.17, 15) is 0 Å². The van der Waals surface area contributed by atoms with Crippen LogP contribution in [0.1, 0.15) is 26.1 Å². The molecule has 0 amide bonds. The first-order valence-corrected chi connectivity index (χ1v) is 13.5. The second-order valence-corrected chi connectivity index (χ2v) is 11.0. The van der Waals surface area contributed by atoms with Crippen LogP contribution >= 0.6 is 22.7 Å². The standard InChI is InChI=1S/C24H33N5OS2/c1-18(2)5-6-27-7-9-29(10-8-27)23-22-19(20-4-3-15-31-20)17-32-24(22)26-21(25-23)16-28-11-13-30-14-12-28/h3-4,15,17-18H,5-14,16H2,1-2H3. The third kappa shape index (κ3) is 4.99. The highest BCUT2D eigenvalue weighted by Gasteiger charge is 2.24. The number of aromatic nitrogens is 2. The summed E-state index contributed by atoms with van der Waals surface area (Å²) in [6, 6.07) is 4.34. The molecule has 5 heterocycles. The molecule has 2 fully saturated rings. The Morgan fingerprint density at radius 3 is 2.53 bits per heavy atom. The van der Waals surface area contributed by atoms with Gasteiger partial charge in [-0.2, -0.15) is 0 Å². The van der Waals surface area contributed by atoms with E-state index in [1.165, 1.54) is 28.8 Å². The minimum atomic E-state index is 0.761. The summed E-state index contributed by atoms with van der Waals surface area (Å²) in [5.41, 5.74) is 1.29. The highest BCUT2D eigenvalue weighted by Crippen LogP contribution is 2.40. The molecule has 0 aliphatic carbocycles. The van der Waals surface area contributed by atoms with Gasteiger partial charge in [0.05, 0.1) is 25.1 Å². The number of rotatable bonds is 7. The lowest BCUT2D eigenvalue weighted by atomic mass is 10.1. The third-order valence-electron chi connectivity index (χ3n) is 6.41. The molecule has 172 valence electrons. The van der Waals surface area contributed by atoms with Gasteiger partial charge < -0.3 is 9.64 Å². The molecule has 5 rings (SSSR count). The molecule has 0 bridgehead atoms. The molecule has 0 aromatic carbocycles. The molecule has 0 atom stereocenters. The molecule has 3 aromatic heterocycles. The van der Waals surface area contributed by atoms with E-state index >= 15 is 0 Å². The van der Waals surface area contributed by atoms with Crippen LogP contribution in [-0.4, -0.2) is 78.8 Å². The number of nitrogens with zero attached hydrogens (tertiary/aromatic N) is 5. The van der Waals surface area contributed by atoms with E-state index in [1.54, 1.807) is 22.7 Å². The Kier molecular flexibility index (Phi) is 7.04. The largest absolute Gasteiger partial charge is 0.379 e. The van der Waals surface area contributed by atoms with Crippen molar-refractivity contribution in [2.45, 2.75) is 26.8 Å². The first kappa shape index (κ1) is 22.2. The Morgan fingerprint density at radius 2 is 1.81 bits per heavy atom. The van der Waals surface area contributed by atoms with Crippen molar-refractivity contribution in [2.75, 3.05) is 63.9 Å². The average molecular weight is 472 g/mol. The molecular formula is C24H33N5OS2. The quantitative estimate of drug-likeness (QED) is 0.508. The Morgan fingerprint density at radius 1 is 1.00 bits per heavy atom. The van der Waals surface area contributed by atoms with Gasteiger partial charge in [0.2, 0.25) is 0 Å². The number of hydrogen-bond acceptors (Lipinski definition) is 8. The smallest absolute Gasteiger partial charge is 0.146 e. The lowest BCUT2D eigenvalue weighted by Crippen LogP contribution is -2.47. The third-order valence-corrected chi connectivity index (χ3v) is 8.19. The summed E-state index contributed by atoms with van der Waals surface area (Å²) in [7, 11) is 0. The SMILES string of the molecule is CC(C)CCN1CCN(c2nc(CN3CCOCC3)nc3scc(-c4cccs4)c23)CC1. The van der Waals surface area contributed by atoms with Crippen molar-refractivity contribution in [1.29, 1.82) is 0 Å². The average Bonchev–Trinajstić information content (AvgIpc) is 3.48. The lowest BCUT2D eigenvalue weighted by Gasteiger charge is -2.36. The summed E-state index contributed by atoms with van der Waals surface area (Å²) in [4.78, 5) is 20.1. The number of hydrogen-bond donors (Lipinski definition) is 0. The van der Waals surface area contributed by atoms with Gasteiger partial charge in [-0.15, -0.1) is 22.7 Å². The number of ether oxygens (including phenoxy) is 1. The Labute approximate surface area is 198 Å². The summed E-state index contributed by atoms with van der Waals surface area (Å²) in [5, 5.41) is 5.66. The maximum absolute atomic E-state index is 5.52. The van der Waals surface area contributed by atoms with Crippen molar-refractivity contribution in [3.8, 4) is 10.4 Å². The monoisotopic (exact) mass is 471 g/mol. The van der Waals surface area contributed by atoms with Gasteiger partial charge in [-0.3, -0.25) is 9.80 Å². The van der Waals surface area contributed by atoms with Crippen molar-refractivity contribution in [3.05, 3.63) is 28.7 Å². The van der Waals surface area contributed by atoms with E-state index in [0.717, 1.165) is 81.4 Å². The summed E-state index contributed by atoms with van der Waals surface area (Å²) >= 11 is 3.55. The number of piperazine rings is 1. The molecule has 0 radical (unpaired) electrons. The van der Waals surface area contributed by atoms with Gasteiger partial charge in [0, 0.05) is 55.1 Å². The van der Waals surface area contributed by atoms with Crippen LogP contribution in [-0.2, 0) is 11.3 Å². The molecule has 2 saturated heterocycles. The van der Waals surface area contributed by atoms with Crippen LogP contribution in [0.4, 0.5) is 5.82 Å². The number of morpholine rings is 1. The fourth-order valence-corrected chi connectivity index (χ4v) is 6.24. The minimum Gasteiger partial charge on any atom is -0.379 e. The molecule has 8 heteroatoms. The van der Waals surface area contributed by atoms with Crippen LogP contribution in [0.15, 0.2) is 22.9 Å². The summed E-state index contributed by atoms with van der Waals surface area (Å²) in [6.07, 6.45) is 1.27. The van der Waals surface area contributed by atoms with Crippen LogP contribution in [0.5, 0.6) is 0 Å². The van der Waals surface area contributed by atoms with Crippen molar-refractivity contribution in [1.82, 2.24) is 19.8 Å². The highest BCUT2D eigenvalue weighted by atomic mass is 32.1. The van der Waals surface area contributed by atoms with Crippen LogP contribution in [0.25, 0.3) is 20.7 Å². The first-order valence-electron chi connectivity index (χ1n) is 11.8. The zero-order valence-electron chi connectivity index (χ0n) is 19.1. The number of thiophene rings is 2. The molecule has 0 spiro atoms. The van der Waals surface area contributed by atoms with Gasteiger partial charge in [-0.1, -0.05) is 19.9 Å². The molecule has 2 aliphatic rings. The predicted octanol–water partition coefficient (Wildman–Crippen LogP) is 4.42. The summed E-state index contributed by atoms with van der Waals surface area (Å²) < 4.78 is 5.52. The Bertz CT molecular complexity index is 1000. The van der Waals surface area contributed by atoms with Gasteiger partial charge in [-0.25, -0.2) is 9.97 Å². The van der Waals surface area contributed by atoms with Crippen LogP contribution in [0, 0.1) is 5.92 Å². The van der Waals surface area contributed by atoms with E-state index in [1.807, 2.05) is 0 Å². The van der Waals surface area contributed by atoms with E-state index in [0.29, 0.717) is 0 Å². The number of anilines is 1. The lowest BCUT2D eigenvalue weighted by molar-refractivity contribution is 0.0331. The van der Waals surface area contributed by atoms with Crippen molar-refractivity contribution >= 4 is 38.7 Å². The van der Waals surface area contributed by atoms with Gasteiger partial charge in [-0.05, 0) is 30.3 Å². The summed E-state index contributed by atoms with van der Waals surface area (Å²) in [5.74, 6) is 2.83. The van der Waals surface area contributed by atoms with Crippen molar-refractivity contribution < 1.29 is 4.74 Å². The second kappa shape index (κ2) is 10.1. The molecule has 3 aromatic rings. The van der Waals surface area contributed by atoms with Crippen molar-refractivity contribution in [2.24, 2.45) is 5.92 Å². The zero-order valence-corrected chi connectivity index (χ0v) is 20.8.